The average molecular weight is 260 g/mol. The zero-order valence-electron chi connectivity index (χ0n) is 12.3. The average Bonchev–Trinajstić information content (AvgIpc) is 2.88. The molecule has 0 spiro atoms. The van der Waals surface area contributed by atoms with Crippen molar-refractivity contribution in [2.45, 2.75) is 51.6 Å². The van der Waals surface area contributed by atoms with E-state index in [1.165, 1.54) is 50.8 Å². The van der Waals surface area contributed by atoms with Crippen LogP contribution < -0.4 is 5.32 Å². The van der Waals surface area contributed by atoms with Crippen LogP contribution in [0.4, 0.5) is 0 Å². The molecule has 0 saturated carbocycles. The van der Waals surface area contributed by atoms with Gasteiger partial charge in [0.2, 0.25) is 0 Å². The molecule has 1 heterocycles. The molecular formula is C17H28N2. The van der Waals surface area contributed by atoms with E-state index in [0.29, 0.717) is 0 Å². The van der Waals surface area contributed by atoms with Gasteiger partial charge in [-0.25, -0.2) is 0 Å². The molecule has 1 aromatic rings. The van der Waals surface area contributed by atoms with Crippen molar-refractivity contribution >= 4 is 0 Å². The molecule has 0 bridgehead atoms. The molecule has 1 fully saturated rings. The quantitative estimate of drug-likeness (QED) is 0.720. The van der Waals surface area contributed by atoms with Crippen molar-refractivity contribution in [1.29, 1.82) is 0 Å². The van der Waals surface area contributed by atoms with Gasteiger partial charge in [-0.05, 0) is 57.3 Å². The Labute approximate surface area is 118 Å². The molecule has 2 rings (SSSR count). The van der Waals surface area contributed by atoms with Gasteiger partial charge in [-0.1, -0.05) is 37.3 Å². The fourth-order valence-electron chi connectivity index (χ4n) is 3.09. The van der Waals surface area contributed by atoms with Crippen molar-refractivity contribution < 1.29 is 0 Å². The van der Waals surface area contributed by atoms with E-state index in [1.807, 2.05) is 0 Å². The summed E-state index contributed by atoms with van der Waals surface area (Å²) in [5.74, 6) is 0. The van der Waals surface area contributed by atoms with E-state index in [9.17, 15) is 0 Å². The second-order valence-electron chi connectivity index (χ2n) is 5.64. The van der Waals surface area contributed by atoms with Gasteiger partial charge in [0.15, 0.2) is 0 Å². The van der Waals surface area contributed by atoms with Crippen LogP contribution >= 0.6 is 0 Å². The number of hydrogen-bond donors (Lipinski definition) is 1. The monoisotopic (exact) mass is 260 g/mol. The van der Waals surface area contributed by atoms with Crippen molar-refractivity contribution in [2.75, 3.05) is 19.6 Å². The molecule has 106 valence electrons. The molecule has 1 saturated heterocycles. The fraction of sp³-hybridized carbons (Fsp3) is 0.647. The minimum atomic E-state index is 0.860. The first-order valence-electron chi connectivity index (χ1n) is 7.89. The Morgan fingerprint density at radius 2 is 2.11 bits per heavy atom. The molecule has 1 atom stereocenters. The first kappa shape index (κ1) is 14.5. The summed E-state index contributed by atoms with van der Waals surface area (Å²) in [6.45, 7) is 7.06. The van der Waals surface area contributed by atoms with Crippen LogP contribution in [0.1, 0.15) is 44.6 Å². The van der Waals surface area contributed by atoms with Crippen LogP contribution in [-0.2, 0) is 6.54 Å². The zero-order valence-corrected chi connectivity index (χ0v) is 12.3. The highest BCUT2D eigenvalue weighted by molar-refractivity contribution is 5.14. The minimum absolute atomic E-state index is 0.860. The van der Waals surface area contributed by atoms with Gasteiger partial charge in [-0.15, -0.1) is 0 Å². The summed E-state index contributed by atoms with van der Waals surface area (Å²) in [5.41, 5.74) is 1.39. The Morgan fingerprint density at radius 3 is 2.89 bits per heavy atom. The van der Waals surface area contributed by atoms with Crippen molar-refractivity contribution in [3.8, 4) is 0 Å². The second kappa shape index (κ2) is 8.34. The summed E-state index contributed by atoms with van der Waals surface area (Å²) >= 11 is 0. The molecule has 0 radical (unpaired) electrons. The minimum Gasteiger partial charge on any atom is -0.313 e. The van der Waals surface area contributed by atoms with E-state index >= 15 is 0 Å². The smallest absolute Gasteiger partial charge is 0.0205 e. The van der Waals surface area contributed by atoms with Crippen LogP contribution in [0.25, 0.3) is 0 Å². The van der Waals surface area contributed by atoms with Crippen LogP contribution in [-0.4, -0.2) is 30.6 Å². The molecule has 0 aromatic heterocycles. The summed E-state index contributed by atoms with van der Waals surface area (Å²) < 4.78 is 0. The standard InChI is InChI=1S/C17H28N2/c1-2-13-19-14-7-11-17(19)10-6-12-18-15-16-8-4-3-5-9-16/h3-5,8-9,17-18H,2,6-7,10-15H2,1H3/t17-/m1/s1. The van der Waals surface area contributed by atoms with Gasteiger partial charge in [0, 0.05) is 12.6 Å². The van der Waals surface area contributed by atoms with E-state index in [1.54, 1.807) is 0 Å². The Hall–Kier alpha value is -0.860. The summed E-state index contributed by atoms with van der Waals surface area (Å²) in [7, 11) is 0. The topological polar surface area (TPSA) is 15.3 Å². The molecule has 0 amide bonds. The van der Waals surface area contributed by atoms with Gasteiger partial charge >= 0.3 is 0 Å². The third-order valence-corrected chi connectivity index (χ3v) is 4.07. The number of rotatable bonds is 8. The third-order valence-electron chi connectivity index (χ3n) is 4.07. The highest BCUT2D eigenvalue weighted by Crippen LogP contribution is 2.21. The van der Waals surface area contributed by atoms with Crippen LogP contribution in [0.15, 0.2) is 30.3 Å². The molecule has 1 aliphatic heterocycles. The van der Waals surface area contributed by atoms with E-state index < -0.39 is 0 Å². The van der Waals surface area contributed by atoms with Crippen molar-refractivity contribution in [3.63, 3.8) is 0 Å². The van der Waals surface area contributed by atoms with Gasteiger partial charge in [-0.2, -0.15) is 0 Å². The molecule has 1 aromatic carbocycles. The van der Waals surface area contributed by atoms with Crippen molar-refractivity contribution in [2.24, 2.45) is 0 Å². The largest absolute Gasteiger partial charge is 0.313 e. The summed E-state index contributed by atoms with van der Waals surface area (Å²) in [6.07, 6.45) is 6.78. The molecule has 0 aliphatic carbocycles. The fourth-order valence-corrected chi connectivity index (χ4v) is 3.09. The lowest BCUT2D eigenvalue weighted by molar-refractivity contribution is 0.240. The Balaban J connectivity index is 1.56. The lowest BCUT2D eigenvalue weighted by Gasteiger charge is -2.23. The van der Waals surface area contributed by atoms with Crippen molar-refractivity contribution in [1.82, 2.24) is 10.2 Å². The van der Waals surface area contributed by atoms with Gasteiger partial charge in [0.05, 0.1) is 0 Å². The highest BCUT2D eigenvalue weighted by Gasteiger charge is 2.22. The highest BCUT2D eigenvalue weighted by atomic mass is 15.2. The maximum absolute atomic E-state index is 3.55. The van der Waals surface area contributed by atoms with Crippen LogP contribution in [0.2, 0.25) is 0 Å². The molecule has 19 heavy (non-hydrogen) atoms. The molecular weight excluding hydrogens is 232 g/mol. The summed E-state index contributed by atoms with van der Waals surface area (Å²) in [5, 5.41) is 3.55. The molecule has 2 nitrogen and oxygen atoms in total. The number of nitrogens with zero attached hydrogens (tertiary/aromatic N) is 1. The number of benzene rings is 1. The Morgan fingerprint density at radius 1 is 1.26 bits per heavy atom. The van der Waals surface area contributed by atoms with Crippen molar-refractivity contribution in [3.05, 3.63) is 35.9 Å². The van der Waals surface area contributed by atoms with Crippen LogP contribution in [0.5, 0.6) is 0 Å². The van der Waals surface area contributed by atoms with Gasteiger partial charge in [0.1, 0.15) is 0 Å². The van der Waals surface area contributed by atoms with Gasteiger partial charge in [-0.3, -0.25) is 0 Å². The SMILES string of the molecule is CCCN1CCC[C@H]1CCCNCc1ccccc1. The number of nitrogens with one attached hydrogen (secondary N) is 1. The predicted molar refractivity (Wildman–Crippen MR) is 82.3 cm³/mol. The third kappa shape index (κ3) is 4.96. The van der Waals surface area contributed by atoms with Gasteiger partial charge in [0.25, 0.3) is 0 Å². The molecule has 1 N–H and O–H groups in total. The zero-order chi connectivity index (χ0) is 13.3. The van der Waals surface area contributed by atoms with E-state index in [-0.39, 0.29) is 0 Å². The molecule has 1 aliphatic rings. The van der Waals surface area contributed by atoms with E-state index in [4.69, 9.17) is 0 Å². The normalized spacial score (nSPS) is 19.9. The van der Waals surface area contributed by atoms with E-state index in [2.05, 4.69) is 47.5 Å². The van der Waals surface area contributed by atoms with E-state index in [0.717, 1.165) is 19.1 Å². The van der Waals surface area contributed by atoms with Gasteiger partial charge < -0.3 is 10.2 Å². The second-order valence-corrected chi connectivity index (χ2v) is 5.64. The summed E-state index contributed by atoms with van der Waals surface area (Å²) in [4.78, 5) is 2.69. The Bertz CT molecular complexity index is 336. The predicted octanol–water partition coefficient (Wildman–Crippen LogP) is 3.43. The Kier molecular flexibility index (Phi) is 6.38. The maximum atomic E-state index is 3.55. The van der Waals surface area contributed by atoms with Crippen LogP contribution in [0.3, 0.4) is 0 Å². The maximum Gasteiger partial charge on any atom is 0.0205 e. The number of hydrogen-bond acceptors (Lipinski definition) is 2. The summed E-state index contributed by atoms with van der Waals surface area (Å²) in [6, 6.07) is 11.5. The molecule has 2 heteroatoms. The lowest BCUT2D eigenvalue weighted by atomic mass is 10.1. The first-order valence-corrected chi connectivity index (χ1v) is 7.89. The molecule has 0 unspecified atom stereocenters. The first-order chi connectivity index (χ1) is 9.40. The lowest BCUT2D eigenvalue weighted by Crippen LogP contribution is -2.30. The van der Waals surface area contributed by atoms with Crippen LogP contribution in [0, 0.1) is 0 Å². The number of likely N-dealkylation sites (tertiary alicyclic amines) is 1.